The average Bonchev–Trinajstić information content (AvgIpc) is 2.14. The molecule has 1 aliphatic heterocycles. The van der Waals surface area contributed by atoms with Crippen LogP contribution < -0.4 is 10.5 Å². The van der Waals surface area contributed by atoms with E-state index in [9.17, 15) is 4.79 Å². The summed E-state index contributed by atoms with van der Waals surface area (Å²) in [6, 6.07) is 1.85. The van der Waals surface area contributed by atoms with E-state index in [1.54, 1.807) is 0 Å². The molecule has 2 rings (SSSR count). The van der Waals surface area contributed by atoms with Crippen molar-refractivity contribution >= 4 is 11.5 Å². The Balaban J connectivity index is 2.73. The van der Waals surface area contributed by atoms with Crippen LogP contribution in [0.5, 0.6) is 5.75 Å². The zero-order valence-electron chi connectivity index (χ0n) is 8.39. The molecule has 0 spiro atoms. The van der Waals surface area contributed by atoms with Gasteiger partial charge in [-0.1, -0.05) is 0 Å². The summed E-state index contributed by atoms with van der Waals surface area (Å²) < 4.78 is 5.41. The van der Waals surface area contributed by atoms with Gasteiger partial charge in [0, 0.05) is 6.42 Å². The first-order valence-corrected chi connectivity index (χ1v) is 4.67. The standard InChI is InChI=1S/C11H13NO2/c1-6-5-8(12)11-10(7(6)2)9(13)3-4-14-11/h5H,3-4,12H2,1-2H3. The minimum atomic E-state index is 0.138. The van der Waals surface area contributed by atoms with Crippen LogP contribution >= 0.6 is 0 Å². The molecule has 0 aromatic heterocycles. The molecule has 0 bridgehead atoms. The quantitative estimate of drug-likeness (QED) is 0.637. The third-order valence-electron chi connectivity index (χ3n) is 2.68. The largest absolute Gasteiger partial charge is 0.490 e. The molecule has 1 aromatic carbocycles. The number of Topliss-reactive ketones (excluding diaryl/α,β-unsaturated/α-hetero) is 1. The number of hydrogen-bond donors (Lipinski definition) is 1. The summed E-state index contributed by atoms with van der Waals surface area (Å²) in [5.41, 5.74) is 9.06. The van der Waals surface area contributed by atoms with Gasteiger partial charge in [-0.25, -0.2) is 0 Å². The van der Waals surface area contributed by atoms with Gasteiger partial charge in [0.1, 0.15) is 0 Å². The Kier molecular flexibility index (Phi) is 1.95. The van der Waals surface area contributed by atoms with Crippen molar-refractivity contribution in [1.29, 1.82) is 0 Å². The summed E-state index contributed by atoms with van der Waals surface area (Å²) in [7, 11) is 0. The highest BCUT2D eigenvalue weighted by atomic mass is 16.5. The van der Waals surface area contributed by atoms with Crippen molar-refractivity contribution in [2.24, 2.45) is 0 Å². The zero-order chi connectivity index (χ0) is 10.3. The number of nitrogens with two attached hydrogens (primary N) is 1. The van der Waals surface area contributed by atoms with E-state index in [4.69, 9.17) is 10.5 Å². The number of fused-ring (bicyclic) bond motifs is 1. The van der Waals surface area contributed by atoms with Crippen molar-refractivity contribution in [3.05, 3.63) is 22.8 Å². The third-order valence-corrected chi connectivity index (χ3v) is 2.68. The highest BCUT2D eigenvalue weighted by Crippen LogP contribution is 2.35. The SMILES string of the molecule is Cc1cc(N)c2c(c1C)C(=O)CCO2. The van der Waals surface area contributed by atoms with Crippen molar-refractivity contribution < 1.29 is 9.53 Å². The molecule has 0 radical (unpaired) electrons. The predicted molar refractivity (Wildman–Crippen MR) is 54.8 cm³/mol. The molecule has 1 aliphatic rings. The molecule has 14 heavy (non-hydrogen) atoms. The highest BCUT2D eigenvalue weighted by molar-refractivity contribution is 6.03. The lowest BCUT2D eigenvalue weighted by atomic mass is 9.95. The minimum Gasteiger partial charge on any atom is -0.490 e. The van der Waals surface area contributed by atoms with E-state index < -0.39 is 0 Å². The van der Waals surface area contributed by atoms with E-state index in [2.05, 4.69) is 0 Å². The zero-order valence-corrected chi connectivity index (χ0v) is 8.39. The van der Waals surface area contributed by atoms with Crippen molar-refractivity contribution in [3.63, 3.8) is 0 Å². The van der Waals surface area contributed by atoms with Gasteiger partial charge in [0.25, 0.3) is 0 Å². The second-order valence-electron chi connectivity index (χ2n) is 3.63. The minimum absolute atomic E-state index is 0.138. The Morgan fingerprint density at radius 1 is 1.43 bits per heavy atom. The van der Waals surface area contributed by atoms with Crippen LogP contribution in [0, 0.1) is 13.8 Å². The smallest absolute Gasteiger partial charge is 0.170 e. The Morgan fingerprint density at radius 2 is 2.14 bits per heavy atom. The molecular formula is C11H13NO2. The first kappa shape index (κ1) is 9.06. The number of nitrogen functional groups attached to an aromatic ring is 1. The number of anilines is 1. The Labute approximate surface area is 82.9 Å². The van der Waals surface area contributed by atoms with E-state index in [0.717, 1.165) is 11.1 Å². The number of benzene rings is 1. The number of rotatable bonds is 0. The topological polar surface area (TPSA) is 52.3 Å². The van der Waals surface area contributed by atoms with Crippen LogP contribution in [0.25, 0.3) is 0 Å². The van der Waals surface area contributed by atoms with Crippen LogP contribution in [0.15, 0.2) is 6.07 Å². The lowest BCUT2D eigenvalue weighted by molar-refractivity contribution is 0.0933. The van der Waals surface area contributed by atoms with E-state index in [1.807, 2.05) is 19.9 Å². The molecule has 0 saturated heterocycles. The molecule has 0 amide bonds. The summed E-state index contributed by atoms with van der Waals surface area (Å²) in [6.07, 6.45) is 0.455. The van der Waals surface area contributed by atoms with Gasteiger partial charge in [-0.15, -0.1) is 0 Å². The van der Waals surface area contributed by atoms with Crippen molar-refractivity contribution in [2.75, 3.05) is 12.3 Å². The van der Waals surface area contributed by atoms with E-state index >= 15 is 0 Å². The number of hydrogen-bond acceptors (Lipinski definition) is 3. The van der Waals surface area contributed by atoms with Gasteiger partial charge in [-0.05, 0) is 31.0 Å². The van der Waals surface area contributed by atoms with Gasteiger partial charge < -0.3 is 10.5 Å². The van der Waals surface area contributed by atoms with E-state index in [0.29, 0.717) is 30.0 Å². The van der Waals surface area contributed by atoms with Crippen LogP contribution in [-0.2, 0) is 0 Å². The molecule has 74 valence electrons. The van der Waals surface area contributed by atoms with Crippen molar-refractivity contribution in [1.82, 2.24) is 0 Å². The van der Waals surface area contributed by atoms with Crippen LogP contribution in [0.4, 0.5) is 5.69 Å². The van der Waals surface area contributed by atoms with Crippen LogP contribution in [0.2, 0.25) is 0 Å². The van der Waals surface area contributed by atoms with Gasteiger partial charge >= 0.3 is 0 Å². The molecule has 2 N–H and O–H groups in total. The van der Waals surface area contributed by atoms with Crippen LogP contribution in [0.3, 0.4) is 0 Å². The lowest BCUT2D eigenvalue weighted by Gasteiger charge is -2.21. The second kappa shape index (κ2) is 3.01. The van der Waals surface area contributed by atoms with Crippen molar-refractivity contribution in [3.8, 4) is 5.75 Å². The van der Waals surface area contributed by atoms with Crippen LogP contribution in [-0.4, -0.2) is 12.4 Å². The summed E-state index contributed by atoms with van der Waals surface area (Å²) in [4.78, 5) is 11.7. The van der Waals surface area contributed by atoms with Gasteiger partial charge in [0.2, 0.25) is 0 Å². The molecule has 1 aromatic rings. The average molecular weight is 191 g/mol. The predicted octanol–water partition coefficient (Wildman–Crippen LogP) is 1.85. The van der Waals surface area contributed by atoms with Crippen LogP contribution in [0.1, 0.15) is 27.9 Å². The maximum absolute atomic E-state index is 11.7. The van der Waals surface area contributed by atoms with Gasteiger partial charge in [0.15, 0.2) is 11.5 Å². The number of ether oxygens (including phenoxy) is 1. The van der Waals surface area contributed by atoms with E-state index in [1.165, 1.54) is 0 Å². The first-order chi connectivity index (χ1) is 6.61. The third kappa shape index (κ3) is 1.16. The number of carbonyl (C=O) groups is 1. The summed E-state index contributed by atoms with van der Waals surface area (Å²) in [6.45, 7) is 4.33. The molecule has 3 heteroatoms. The molecule has 0 saturated carbocycles. The maximum Gasteiger partial charge on any atom is 0.170 e. The highest BCUT2D eigenvalue weighted by Gasteiger charge is 2.23. The fourth-order valence-corrected chi connectivity index (χ4v) is 1.78. The summed E-state index contributed by atoms with van der Waals surface area (Å²) in [5, 5.41) is 0. The van der Waals surface area contributed by atoms with Crippen molar-refractivity contribution in [2.45, 2.75) is 20.3 Å². The van der Waals surface area contributed by atoms with E-state index in [-0.39, 0.29) is 5.78 Å². The Morgan fingerprint density at radius 3 is 2.86 bits per heavy atom. The van der Waals surface area contributed by atoms with Gasteiger partial charge in [0.05, 0.1) is 17.9 Å². The normalized spacial score (nSPS) is 14.9. The maximum atomic E-state index is 11.7. The van der Waals surface area contributed by atoms with Gasteiger partial charge in [-0.2, -0.15) is 0 Å². The monoisotopic (exact) mass is 191 g/mol. The molecule has 1 heterocycles. The summed E-state index contributed by atoms with van der Waals surface area (Å²) in [5.74, 6) is 0.712. The number of carbonyl (C=O) groups excluding carboxylic acids is 1. The Hall–Kier alpha value is -1.51. The fraction of sp³-hybridized carbons (Fsp3) is 0.364. The fourth-order valence-electron chi connectivity index (χ4n) is 1.78. The first-order valence-electron chi connectivity index (χ1n) is 4.67. The molecule has 0 fully saturated rings. The summed E-state index contributed by atoms with van der Waals surface area (Å²) >= 11 is 0. The Bertz CT molecular complexity index is 410. The van der Waals surface area contributed by atoms with Gasteiger partial charge in [-0.3, -0.25) is 4.79 Å². The number of ketones is 1. The molecule has 3 nitrogen and oxygen atoms in total. The second-order valence-corrected chi connectivity index (χ2v) is 3.63. The molecule has 0 unspecified atom stereocenters. The molecule has 0 aliphatic carbocycles. The molecular weight excluding hydrogens is 178 g/mol. The molecule has 0 atom stereocenters. The number of aryl methyl sites for hydroxylation is 1. The lowest BCUT2D eigenvalue weighted by Crippen LogP contribution is -2.18.